The van der Waals surface area contributed by atoms with Gasteiger partial charge in [-0.15, -0.1) is 0 Å². The topological polar surface area (TPSA) is 92.8 Å². The Morgan fingerprint density at radius 2 is 2.50 bits per heavy atom. The molecular weight excluding hydrogens is 206 g/mol. The summed E-state index contributed by atoms with van der Waals surface area (Å²) in [5.74, 6) is 0.186. The third-order valence-electron chi connectivity index (χ3n) is 1.83. The van der Waals surface area contributed by atoms with Crippen molar-refractivity contribution >= 4 is 17.5 Å². The van der Waals surface area contributed by atoms with E-state index in [2.05, 4.69) is 4.89 Å². The van der Waals surface area contributed by atoms with Crippen molar-refractivity contribution in [3.8, 4) is 0 Å². The first-order valence-electron chi connectivity index (χ1n) is 4.21. The highest BCUT2D eigenvalue weighted by Gasteiger charge is 2.24. The van der Waals surface area contributed by atoms with Gasteiger partial charge in [0.1, 0.15) is 0 Å². The van der Waals surface area contributed by atoms with Crippen LogP contribution in [0.3, 0.4) is 0 Å². The Hall–Kier alpha value is -0.560. The van der Waals surface area contributed by atoms with Crippen molar-refractivity contribution in [3.63, 3.8) is 0 Å². The second kappa shape index (κ2) is 5.35. The molecule has 0 amide bonds. The Labute approximate surface area is 85.9 Å². The van der Waals surface area contributed by atoms with Gasteiger partial charge in [0.15, 0.2) is 11.5 Å². The number of allylic oxidation sites excluding steroid dienone is 1. The number of aliphatic hydroxyl groups excluding tert-OH is 1. The quantitative estimate of drug-likeness (QED) is 0.455. The predicted molar refractivity (Wildman–Crippen MR) is 53.1 cm³/mol. The summed E-state index contributed by atoms with van der Waals surface area (Å²) in [5, 5.41) is 17.1. The molecule has 0 aromatic heterocycles. The molecule has 0 spiro atoms. The number of rotatable bonds is 5. The molecule has 0 saturated carbocycles. The average molecular weight is 219 g/mol. The van der Waals surface area contributed by atoms with Crippen molar-refractivity contribution < 1.29 is 20.0 Å². The number of Topliss-reactive ketones (excluding diaryl/α,β-unsaturated/α-hetero) is 1. The molecule has 0 aliphatic heterocycles. The van der Waals surface area contributed by atoms with E-state index in [0.717, 1.165) is 0 Å². The number of hydrogen-bond donors (Lipinski definition) is 3. The van der Waals surface area contributed by atoms with Crippen LogP contribution in [-0.2, 0) is 9.68 Å². The van der Waals surface area contributed by atoms with Crippen LogP contribution in [0.2, 0.25) is 0 Å². The van der Waals surface area contributed by atoms with E-state index in [9.17, 15) is 4.79 Å². The van der Waals surface area contributed by atoms with E-state index in [1.54, 1.807) is 0 Å². The summed E-state index contributed by atoms with van der Waals surface area (Å²) in [6, 6.07) is -0.267. The standard InChI is InChI=1S/C8H13NO4S/c9-5(3-13-12)4-14-6-1-7(10)8(11)2-6/h1,5-6,10,12H,2-4,9H2/t5-,6?/m1/s1. The molecule has 0 aromatic carbocycles. The lowest BCUT2D eigenvalue weighted by Crippen LogP contribution is -2.29. The molecular formula is C8H13NO4S. The van der Waals surface area contributed by atoms with E-state index in [1.807, 2.05) is 0 Å². The van der Waals surface area contributed by atoms with Crippen molar-refractivity contribution in [2.24, 2.45) is 5.73 Å². The van der Waals surface area contributed by atoms with E-state index in [-0.39, 0.29) is 29.4 Å². The number of hydrogen-bond acceptors (Lipinski definition) is 6. The summed E-state index contributed by atoms with van der Waals surface area (Å²) in [5.41, 5.74) is 5.56. The third-order valence-corrected chi connectivity index (χ3v) is 3.18. The smallest absolute Gasteiger partial charge is 0.198 e. The number of carbonyl (C=O) groups is 1. The molecule has 0 bridgehead atoms. The third kappa shape index (κ3) is 3.30. The first kappa shape index (κ1) is 11.5. The first-order valence-corrected chi connectivity index (χ1v) is 5.26. The Kier molecular flexibility index (Phi) is 4.40. The SMILES string of the molecule is N[C@H](COO)CSC1C=C(O)C(=O)C1. The highest BCUT2D eigenvalue weighted by molar-refractivity contribution is 8.00. The molecule has 1 unspecified atom stereocenters. The molecule has 14 heavy (non-hydrogen) atoms. The van der Waals surface area contributed by atoms with Crippen LogP contribution in [0.1, 0.15) is 6.42 Å². The van der Waals surface area contributed by atoms with Gasteiger partial charge in [-0.1, -0.05) is 0 Å². The summed E-state index contributed by atoms with van der Waals surface area (Å²) in [4.78, 5) is 14.8. The Balaban J connectivity index is 2.23. The Morgan fingerprint density at radius 1 is 1.79 bits per heavy atom. The molecule has 0 fully saturated rings. The van der Waals surface area contributed by atoms with E-state index in [4.69, 9.17) is 16.1 Å². The highest BCUT2D eigenvalue weighted by Crippen LogP contribution is 2.24. The molecule has 1 aliphatic carbocycles. The van der Waals surface area contributed by atoms with E-state index >= 15 is 0 Å². The molecule has 0 saturated heterocycles. The van der Waals surface area contributed by atoms with Gasteiger partial charge in [0.25, 0.3) is 0 Å². The second-order valence-electron chi connectivity index (χ2n) is 3.11. The van der Waals surface area contributed by atoms with E-state index in [1.165, 1.54) is 17.8 Å². The van der Waals surface area contributed by atoms with Gasteiger partial charge in [-0.05, 0) is 6.08 Å². The predicted octanol–water partition coefficient (Wildman–Crippen LogP) is 0.320. The molecule has 0 heterocycles. The maximum Gasteiger partial charge on any atom is 0.198 e. The molecule has 0 aromatic rings. The van der Waals surface area contributed by atoms with Crippen molar-refractivity contribution in [3.05, 3.63) is 11.8 Å². The highest BCUT2D eigenvalue weighted by atomic mass is 32.2. The minimum atomic E-state index is -0.267. The molecule has 6 heteroatoms. The zero-order chi connectivity index (χ0) is 10.6. The van der Waals surface area contributed by atoms with Gasteiger partial charge in [-0.25, -0.2) is 4.89 Å². The Morgan fingerprint density at radius 3 is 3.00 bits per heavy atom. The molecule has 2 atom stereocenters. The monoisotopic (exact) mass is 219 g/mol. The van der Waals surface area contributed by atoms with Crippen LogP contribution in [0.25, 0.3) is 0 Å². The van der Waals surface area contributed by atoms with Gasteiger partial charge in [0.05, 0.1) is 6.61 Å². The number of aliphatic hydroxyl groups is 1. The van der Waals surface area contributed by atoms with Crippen LogP contribution in [0.5, 0.6) is 0 Å². The summed E-state index contributed by atoms with van der Waals surface area (Å²) >= 11 is 1.47. The number of ketones is 1. The minimum absolute atomic E-state index is 0.00718. The van der Waals surface area contributed by atoms with Gasteiger partial charge in [-0.3, -0.25) is 10.1 Å². The summed E-state index contributed by atoms with van der Waals surface area (Å²) < 4.78 is 0. The van der Waals surface area contributed by atoms with Crippen LogP contribution >= 0.6 is 11.8 Å². The van der Waals surface area contributed by atoms with Gasteiger partial charge >= 0.3 is 0 Å². The van der Waals surface area contributed by atoms with Crippen LogP contribution in [0, 0.1) is 0 Å². The maximum atomic E-state index is 10.9. The minimum Gasteiger partial charge on any atom is -0.505 e. The summed E-state index contributed by atoms with van der Waals surface area (Å²) in [7, 11) is 0. The summed E-state index contributed by atoms with van der Waals surface area (Å²) in [6.45, 7) is 0.0728. The first-order chi connectivity index (χ1) is 6.63. The normalized spacial score (nSPS) is 23.7. The molecule has 1 rings (SSSR count). The van der Waals surface area contributed by atoms with Crippen LogP contribution in [0.15, 0.2) is 11.8 Å². The van der Waals surface area contributed by atoms with Gasteiger partial charge in [0, 0.05) is 23.5 Å². The van der Waals surface area contributed by atoms with Crippen molar-refractivity contribution in [1.82, 2.24) is 0 Å². The summed E-state index contributed by atoms with van der Waals surface area (Å²) in [6.07, 6.45) is 1.85. The molecule has 1 aliphatic rings. The fourth-order valence-electron chi connectivity index (χ4n) is 1.11. The molecule has 0 radical (unpaired) electrons. The number of carbonyl (C=O) groups excluding carboxylic acids is 1. The fraction of sp³-hybridized carbons (Fsp3) is 0.625. The zero-order valence-corrected chi connectivity index (χ0v) is 8.37. The van der Waals surface area contributed by atoms with Crippen LogP contribution < -0.4 is 5.73 Å². The second-order valence-corrected chi connectivity index (χ2v) is 4.38. The van der Waals surface area contributed by atoms with E-state index < -0.39 is 0 Å². The maximum absolute atomic E-state index is 10.9. The van der Waals surface area contributed by atoms with Crippen molar-refractivity contribution in [2.45, 2.75) is 17.7 Å². The lowest BCUT2D eigenvalue weighted by molar-refractivity contribution is -0.244. The van der Waals surface area contributed by atoms with E-state index in [0.29, 0.717) is 12.2 Å². The molecule has 4 N–H and O–H groups in total. The Bertz CT molecular complexity index is 243. The molecule has 5 nitrogen and oxygen atoms in total. The van der Waals surface area contributed by atoms with Gasteiger partial charge < -0.3 is 10.8 Å². The number of nitrogens with two attached hydrogens (primary N) is 1. The van der Waals surface area contributed by atoms with Crippen molar-refractivity contribution in [1.29, 1.82) is 0 Å². The lowest BCUT2D eigenvalue weighted by atomic mass is 10.3. The average Bonchev–Trinajstić information content (AvgIpc) is 2.44. The molecule has 80 valence electrons. The fourth-order valence-corrected chi connectivity index (χ4v) is 2.20. The van der Waals surface area contributed by atoms with Crippen molar-refractivity contribution in [2.75, 3.05) is 12.4 Å². The lowest BCUT2D eigenvalue weighted by Gasteiger charge is -2.10. The number of thioether (sulfide) groups is 1. The largest absolute Gasteiger partial charge is 0.505 e. The van der Waals surface area contributed by atoms with Crippen LogP contribution in [-0.4, -0.2) is 39.8 Å². The van der Waals surface area contributed by atoms with Gasteiger partial charge in [-0.2, -0.15) is 11.8 Å². The zero-order valence-electron chi connectivity index (χ0n) is 7.55. The van der Waals surface area contributed by atoms with Gasteiger partial charge in [0.2, 0.25) is 0 Å². The van der Waals surface area contributed by atoms with Crippen LogP contribution in [0.4, 0.5) is 0 Å².